The molecule has 1 saturated carbocycles. The lowest BCUT2D eigenvalue weighted by molar-refractivity contribution is -0.142. The maximum atomic E-state index is 11.9. The van der Waals surface area contributed by atoms with E-state index in [1.165, 1.54) is 0 Å². The van der Waals surface area contributed by atoms with Crippen LogP contribution in [0.4, 0.5) is 0 Å². The zero-order chi connectivity index (χ0) is 14.0. The summed E-state index contributed by atoms with van der Waals surface area (Å²) in [4.78, 5) is 22.7. The van der Waals surface area contributed by atoms with Crippen LogP contribution in [0, 0.1) is 11.8 Å². The highest BCUT2D eigenvalue weighted by Crippen LogP contribution is 2.25. The molecule has 1 heterocycles. The standard InChI is InChI=1S/C12H19NO5S/c14-11(9-5-6-19(17,18)7-9)13-10-3-1-8(2-4-10)12(15)16/h8-10H,1-7H2,(H,13,14)(H,15,16). The summed E-state index contributed by atoms with van der Waals surface area (Å²) < 4.78 is 22.6. The van der Waals surface area contributed by atoms with Crippen molar-refractivity contribution in [2.24, 2.45) is 11.8 Å². The molecule has 0 spiro atoms. The Morgan fingerprint density at radius 1 is 1.00 bits per heavy atom. The lowest BCUT2D eigenvalue weighted by atomic mass is 9.86. The first kappa shape index (κ1) is 14.3. The van der Waals surface area contributed by atoms with E-state index in [-0.39, 0.29) is 29.4 Å². The summed E-state index contributed by atoms with van der Waals surface area (Å²) in [6, 6.07) is -0.00796. The number of aliphatic carboxylic acids is 1. The molecule has 0 bridgehead atoms. The maximum Gasteiger partial charge on any atom is 0.306 e. The van der Waals surface area contributed by atoms with Crippen LogP contribution >= 0.6 is 0 Å². The Morgan fingerprint density at radius 2 is 1.63 bits per heavy atom. The molecule has 2 aliphatic rings. The molecule has 0 aromatic rings. The summed E-state index contributed by atoms with van der Waals surface area (Å²) in [6.07, 6.45) is 2.86. The van der Waals surface area contributed by atoms with Crippen molar-refractivity contribution >= 4 is 21.7 Å². The van der Waals surface area contributed by atoms with E-state index in [0.29, 0.717) is 32.1 Å². The molecule has 1 saturated heterocycles. The second-order valence-electron chi connectivity index (χ2n) is 5.50. The van der Waals surface area contributed by atoms with Crippen molar-refractivity contribution in [1.29, 1.82) is 0 Å². The van der Waals surface area contributed by atoms with Crippen LogP contribution in [0.3, 0.4) is 0 Å². The summed E-state index contributed by atoms with van der Waals surface area (Å²) in [7, 11) is -3.04. The van der Waals surface area contributed by atoms with Crippen LogP contribution in [0.2, 0.25) is 0 Å². The number of hydrogen-bond acceptors (Lipinski definition) is 4. The second kappa shape index (κ2) is 5.48. The summed E-state index contributed by atoms with van der Waals surface area (Å²) in [5, 5.41) is 11.7. The molecule has 1 amide bonds. The molecular weight excluding hydrogens is 270 g/mol. The quantitative estimate of drug-likeness (QED) is 0.772. The SMILES string of the molecule is O=C(O)C1CCC(NC(=O)C2CCS(=O)(=O)C2)CC1. The smallest absolute Gasteiger partial charge is 0.306 e. The Balaban J connectivity index is 1.80. The van der Waals surface area contributed by atoms with Crippen LogP contribution in [0.1, 0.15) is 32.1 Å². The molecule has 1 aliphatic heterocycles. The average molecular weight is 289 g/mol. The van der Waals surface area contributed by atoms with E-state index in [9.17, 15) is 18.0 Å². The lowest BCUT2D eigenvalue weighted by Crippen LogP contribution is -2.42. The highest BCUT2D eigenvalue weighted by atomic mass is 32.2. The lowest BCUT2D eigenvalue weighted by Gasteiger charge is -2.27. The zero-order valence-electron chi connectivity index (χ0n) is 10.7. The summed E-state index contributed by atoms with van der Waals surface area (Å²) in [6.45, 7) is 0. The molecule has 1 atom stereocenters. The van der Waals surface area contributed by atoms with Crippen LogP contribution in [0.5, 0.6) is 0 Å². The highest BCUT2D eigenvalue weighted by Gasteiger charge is 2.34. The number of amides is 1. The molecule has 0 aromatic carbocycles. The molecular formula is C12H19NO5S. The minimum atomic E-state index is -3.04. The average Bonchev–Trinajstić information content (AvgIpc) is 2.70. The first-order valence-electron chi connectivity index (χ1n) is 6.61. The number of rotatable bonds is 3. The minimum absolute atomic E-state index is 0.00796. The Labute approximate surface area is 112 Å². The number of hydrogen-bond donors (Lipinski definition) is 2. The van der Waals surface area contributed by atoms with E-state index < -0.39 is 21.7 Å². The molecule has 2 rings (SSSR count). The van der Waals surface area contributed by atoms with E-state index in [1.807, 2.05) is 0 Å². The third-order valence-electron chi connectivity index (χ3n) is 4.03. The van der Waals surface area contributed by atoms with Crippen molar-refractivity contribution in [3.05, 3.63) is 0 Å². The Hall–Kier alpha value is -1.11. The topological polar surface area (TPSA) is 101 Å². The minimum Gasteiger partial charge on any atom is -0.481 e. The van der Waals surface area contributed by atoms with Gasteiger partial charge in [0.1, 0.15) is 0 Å². The van der Waals surface area contributed by atoms with Crippen molar-refractivity contribution in [2.75, 3.05) is 11.5 Å². The number of nitrogens with one attached hydrogen (secondary N) is 1. The van der Waals surface area contributed by atoms with Gasteiger partial charge in [-0.05, 0) is 32.1 Å². The highest BCUT2D eigenvalue weighted by molar-refractivity contribution is 7.91. The zero-order valence-corrected chi connectivity index (χ0v) is 11.5. The monoisotopic (exact) mass is 289 g/mol. The van der Waals surface area contributed by atoms with Crippen LogP contribution < -0.4 is 5.32 Å². The molecule has 2 N–H and O–H groups in total. The molecule has 7 heteroatoms. The normalized spacial score (nSPS) is 33.8. The van der Waals surface area contributed by atoms with E-state index in [1.54, 1.807) is 0 Å². The molecule has 108 valence electrons. The van der Waals surface area contributed by atoms with E-state index >= 15 is 0 Å². The maximum absolute atomic E-state index is 11.9. The molecule has 6 nitrogen and oxygen atoms in total. The van der Waals surface area contributed by atoms with E-state index in [2.05, 4.69) is 5.32 Å². The largest absolute Gasteiger partial charge is 0.481 e. The first-order valence-corrected chi connectivity index (χ1v) is 8.43. The number of carboxylic acids is 1. The van der Waals surface area contributed by atoms with E-state index in [4.69, 9.17) is 5.11 Å². The van der Waals surface area contributed by atoms with Crippen molar-refractivity contribution in [1.82, 2.24) is 5.32 Å². The van der Waals surface area contributed by atoms with Gasteiger partial charge >= 0.3 is 5.97 Å². The Bertz CT molecular complexity index is 465. The van der Waals surface area contributed by atoms with Gasteiger partial charge in [-0.1, -0.05) is 0 Å². The van der Waals surface area contributed by atoms with Gasteiger partial charge in [-0.25, -0.2) is 8.42 Å². The van der Waals surface area contributed by atoms with E-state index in [0.717, 1.165) is 0 Å². The van der Waals surface area contributed by atoms with Gasteiger partial charge in [0.25, 0.3) is 0 Å². The van der Waals surface area contributed by atoms with Crippen molar-refractivity contribution < 1.29 is 23.1 Å². The third-order valence-corrected chi connectivity index (χ3v) is 5.79. The van der Waals surface area contributed by atoms with Gasteiger partial charge in [0.2, 0.25) is 5.91 Å². The van der Waals surface area contributed by atoms with Gasteiger partial charge in [-0.15, -0.1) is 0 Å². The van der Waals surface area contributed by atoms with Gasteiger partial charge in [0.15, 0.2) is 9.84 Å². The van der Waals surface area contributed by atoms with Crippen LogP contribution in [-0.2, 0) is 19.4 Å². The molecule has 2 fully saturated rings. The molecule has 19 heavy (non-hydrogen) atoms. The molecule has 1 aliphatic carbocycles. The van der Waals surface area contributed by atoms with Crippen LogP contribution in [0.15, 0.2) is 0 Å². The molecule has 1 unspecified atom stereocenters. The van der Waals surface area contributed by atoms with Gasteiger partial charge in [0, 0.05) is 6.04 Å². The van der Waals surface area contributed by atoms with Crippen molar-refractivity contribution in [3.63, 3.8) is 0 Å². The fourth-order valence-corrected chi connectivity index (χ4v) is 4.55. The fourth-order valence-electron chi connectivity index (χ4n) is 2.81. The van der Waals surface area contributed by atoms with Crippen LogP contribution in [-0.4, -0.2) is 42.9 Å². The van der Waals surface area contributed by atoms with Crippen LogP contribution in [0.25, 0.3) is 0 Å². The van der Waals surface area contributed by atoms with Gasteiger partial charge in [-0.3, -0.25) is 9.59 Å². The number of carboxylic acid groups (broad SMARTS) is 1. The summed E-state index contributed by atoms with van der Waals surface area (Å²) in [5.41, 5.74) is 0. The first-order chi connectivity index (χ1) is 8.87. The van der Waals surface area contributed by atoms with Gasteiger partial charge in [0.05, 0.1) is 23.3 Å². The summed E-state index contributed by atoms with van der Waals surface area (Å²) >= 11 is 0. The Kier molecular flexibility index (Phi) is 4.13. The fraction of sp³-hybridized carbons (Fsp3) is 0.833. The number of carbonyl (C=O) groups excluding carboxylic acids is 1. The Morgan fingerprint density at radius 3 is 2.11 bits per heavy atom. The van der Waals surface area contributed by atoms with Crippen molar-refractivity contribution in [2.45, 2.75) is 38.1 Å². The third kappa shape index (κ3) is 3.68. The molecule has 0 aromatic heterocycles. The van der Waals surface area contributed by atoms with Gasteiger partial charge in [-0.2, -0.15) is 0 Å². The number of sulfone groups is 1. The predicted octanol–water partition coefficient (Wildman–Crippen LogP) is 0.181. The van der Waals surface area contributed by atoms with Gasteiger partial charge < -0.3 is 10.4 Å². The van der Waals surface area contributed by atoms with Crippen molar-refractivity contribution in [3.8, 4) is 0 Å². The second-order valence-corrected chi connectivity index (χ2v) is 7.72. The predicted molar refractivity (Wildman–Crippen MR) is 68.3 cm³/mol. The number of carbonyl (C=O) groups is 2. The summed E-state index contributed by atoms with van der Waals surface area (Å²) in [5.74, 6) is -1.66. The molecule has 0 radical (unpaired) electrons.